The van der Waals surface area contributed by atoms with Crippen LogP contribution in [0.5, 0.6) is 5.75 Å². The van der Waals surface area contributed by atoms with Crippen LogP contribution in [0, 0.1) is 0 Å². The molecule has 0 unspecified atom stereocenters. The number of hydrogen-bond acceptors (Lipinski definition) is 7. The molecule has 1 aromatic rings. The molecule has 0 fully saturated rings. The van der Waals surface area contributed by atoms with E-state index in [-0.39, 0.29) is 0 Å². The van der Waals surface area contributed by atoms with E-state index in [0.717, 1.165) is 0 Å². The normalized spacial score (nSPS) is 14.3. The Hall–Kier alpha value is -2.80. The fourth-order valence-corrected chi connectivity index (χ4v) is 2.95. The number of ether oxygens (including phenoxy) is 4. The molecule has 1 aliphatic heterocycles. The number of benzene rings is 1. The molecule has 0 bridgehead atoms. The minimum atomic E-state index is -0.661. The summed E-state index contributed by atoms with van der Waals surface area (Å²) in [5.41, 5.74) is 1.34. The predicted octanol–water partition coefficient (Wildman–Crippen LogP) is 2.24. The summed E-state index contributed by atoms with van der Waals surface area (Å²) in [4.78, 5) is 26.8. The Labute approximate surface area is 159 Å². The van der Waals surface area contributed by atoms with Crippen molar-refractivity contribution >= 4 is 11.9 Å². The van der Waals surface area contributed by atoms with Gasteiger partial charge in [-0.1, -0.05) is 18.2 Å². The second-order valence-electron chi connectivity index (χ2n) is 5.79. The summed E-state index contributed by atoms with van der Waals surface area (Å²) in [6, 6.07) is 7.30. The molecule has 0 saturated carbocycles. The van der Waals surface area contributed by atoms with Gasteiger partial charge in [-0.3, -0.25) is 0 Å². The van der Waals surface area contributed by atoms with Crippen LogP contribution in [0.2, 0.25) is 0 Å². The van der Waals surface area contributed by atoms with Crippen molar-refractivity contribution in [3.63, 3.8) is 0 Å². The van der Waals surface area contributed by atoms with Gasteiger partial charge in [-0.2, -0.15) is 0 Å². The van der Waals surface area contributed by atoms with Gasteiger partial charge in [-0.25, -0.2) is 9.59 Å². The first-order valence-corrected chi connectivity index (χ1v) is 8.63. The molecule has 0 saturated heterocycles. The molecular formula is C20H25NO6. The number of methoxy groups -OCH3 is 3. The molecule has 0 aromatic heterocycles. The van der Waals surface area contributed by atoms with Crippen LogP contribution in [0.3, 0.4) is 0 Å². The van der Waals surface area contributed by atoms with E-state index >= 15 is 0 Å². The van der Waals surface area contributed by atoms with E-state index in [4.69, 9.17) is 18.9 Å². The van der Waals surface area contributed by atoms with E-state index < -0.39 is 17.9 Å². The highest BCUT2D eigenvalue weighted by Gasteiger charge is 2.36. The highest BCUT2D eigenvalue weighted by atomic mass is 16.5. The number of carbonyl (C=O) groups is 2. The monoisotopic (exact) mass is 375 g/mol. The SMILES string of the molecule is CCOc1ccccc1C1C(C(=O)OC)=CN(CCOC)C=C1C(=O)OC. The van der Waals surface area contributed by atoms with Gasteiger partial charge in [0.2, 0.25) is 0 Å². The molecular weight excluding hydrogens is 350 g/mol. The molecule has 27 heavy (non-hydrogen) atoms. The lowest BCUT2D eigenvalue weighted by Crippen LogP contribution is -2.30. The highest BCUT2D eigenvalue weighted by molar-refractivity contribution is 5.98. The van der Waals surface area contributed by atoms with Crippen LogP contribution >= 0.6 is 0 Å². The highest BCUT2D eigenvalue weighted by Crippen LogP contribution is 2.40. The zero-order chi connectivity index (χ0) is 19.8. The molecule has 146 valence electrons. The second-order valence-corrected chi connectivity index (χ2v) is 5.79. The quantitative estimate of drug-likeness (QED) is 0.645. The Morgan fingerprint density at radius 2 is 1.59 bits per heavy atom. The van der Waals surface area contributed by atoms with Crippen LogP contribution in [-0.4, -0.2) is 57.9 Å². The largest absolute Gasteiger partial charge is 0.494 e. The lowest BCUT2D eigenvalue weighted by Gasteiger charge is -2.30. The van der Waals surface area contributed by atoms with Crippen LogP contribution in [-0.2, 0) is 23.8 Å². The van der Waals surface area contributed by atoms with Gasteiger partial charge in [0.05, 0.1) is 44.5 Å². The van der Waals surface area contributed by atoms with E-state index in [1.807, 2.05) is 25.1 Å². The molecule has 2 rings (SSSR count). The number of carbonyl (C=O) groups excluding carboxylic acids is 2. The zero-order valence-electron chi connectivity index (χ0n) is 16.1. The van der Waals surface area contributed by atoms with Crippen LogP contribution in [0.1, 0.15) is 18.4 Å². The second kappa shape index (κ2) is 9.78. The Balaban J connectivity index is 2.60. The molecule has 7 heteroatoms. The Morgan fingerprint density at radius 3 is 2.11 bits per heavy atom. The third-order valence-corrected chi connectivity index (χ3v) is 4.16. The maximum absolute atomic E-state index is 12.5. The molecule has 0 atom stereocenters. The molecule has 0 amide bonds. The smallest absolute Gasteiger partial charge is 0.336 e. The summed E-state index contributed by atoms with van der Waals surface area (Å²) in [6.45, 7) is 3.23. The molecule has 1 aliphatic rings. The topological polar surface area (TPSA) is 74.3 Å². The van der Waals surface area contributed by atoms with Gasteiger partial charge in [-0.05, 0) is 13.0 Å². The summed E-state index contributed by atoms with van der Waals surface area (Å²) >= 11 is 0. The summed E-state index contributed by atoms with van der Waals surface area (Å²) < 4.78 is 20.8. The number of nitrogens with zero attached hydrogens (tertiary/aromatic N) is 1. The standard InChI is InChI=1S/C20H25NO6/c1-5-27-17-9-7-6-8-14(17)18-15(19(22)25-3)12-21(10-11-24-2)13-16(18)20(23)26-4/h6-9,12-13,18H,5,10-11H2,1-4H3. The minimum Gasteiger partial charge on any atom is -0.494 e. The van der Waals surface area contributed by atoms with Crippen molar-refractivity contribution in [2.75, 3.05) is 41.1 Å². The Morgan fingerprint density at radius 1 is 1.00 bits per heavy atom. The summed E-state index contributed by atoms with van der Waals surface area (Å²) in [5, 5.41) is 0. The van der Waals surface area contributed by atoms with Crippen LogP contribution in [0.25, 0.3) is 0 Å². The van der Waals surface area contributed by atoms with E-state index in [1.165, 1.54) is 14.2 Å². The lowest BCUT2D eigenvalue weighted by atomic mass is 9.83. The number of rotatable bonds is 8. The van der Waals surface area contributed by atoms with Crippen molar-refractivity contribution in [1.82, 2.24) is 4.90 Å². The van der Waals surface area contributed by atoms with Gasteiger partial charge in [-0.15, -0.1) is 0 Å². The third-order valence-electron chi connectivity index (χ3n) is 4.16. The molecule has 1 heterocycles. The van der Waals surface area contributed by atoms with Crippen molar-refractivity contribution < 1.29 is 28.5 Å². The van der Waals surface area contributed by atoms with Gasteiger partial charge in [0.1, 0.15) is 5.75 Å². The lowest BCUT2D eigenvalue weighted by molar-refractivity contribution is -0.137. The van der Waals surface area contributed by atoms with Crippen molar-refractivity contribution in [1.29, 1.82) is 0 Å². The molecule has 0 N–H and O–H groups in total. The third kappa shape index (κ3) is 4.68. The molecule has 7 nitrogen and oxygen atoms in total. The van der Waals surface area contributed by atoms with E-state index in [1.54, 1.807) is 30.5 Å². The Kier molecular flexibility index (Phi) is 7.43. The van der Waals surface area contributed by atoms with Crippen molar-refractivity contribution in [2.24, 2.45) is 0 Å². The summed E-state index contributed by atoms with van der Waals surface area (Å²) in [5.74, 6) is -1.11. The van der Waals surface area contributed by atoms with Crippen LogP contribution < -0.4 is 4.74 Å². The van der Waals surface area contributed by atoms with Gasteiger partial charge in [0, 0.05) is 31.6 Å². The number of para-hydroxylation sites is 1. The summed E-state index contributed by atoms with van der Waals surface area (Å²) in [6.07, 6.45) is 3.34. The first kappa shape index (κ1) is 20.5. The van der Waals surface area contributed by atoms with Crippen LogP contribution in [0.15, 0.2) is 47.8 Å². The van der Waals surface area contributed by atoms with Gasteiger partial charge in [0.15, 0.2) is 0 Å². The zero-order valence-corrected chi connectivity index (χ0v) is 16.1. The average Bonchev–Trinajstić information content (AvgIpc) is 2.71. The van der Waals surface area contributed by atoms with E-state index in [0.29, 0.717) is 42.2 Å². The van der Waals surface area contributed by atoms with E-state index in [9.17, 15) is 9.59 Å². The molecule has 1 aromatic carbocycles. The van der Waals surface area contributed by atoms with Gasteiger partial charge >= 0.3 is 11.9 Å². The predicted molar refractivity (Wildman–Crippen MR) is 99.1 cm³/mol. The maximum atomic E-state index is 12.5. The molecule has 0 spiro atoms. The van der Waals surface area contributed by atoms with E-state index in [2.05, 4.69) is 0 Å². The fraction of sp³-hybridized carbons (Fsp3) is 0.400. The van der Waals surface area contributed by atoms with Gasteiger partial charge in [0.25, 0.3) is 0 Å². The molecule has 0 radical (unpaired) electrons. The fourth-order valence-electron chi connectivity index (χ4n) is 2.95. The Bertz CT molecular complexity index is 706. The minimum absolute atomic E-state index is 0.323. The number of hydrogen-bond donors (Lipinski definition) is 0. The number of esters is 2. The van der Waals surface area contributed by atoms with Gasteiger partial charge < -0.3 is 23.8 Å². The van der Waals surface area contributed by atoms with Crippen molar-refractivity contribution in [3.8, 4) is 5.75 Å². The van der Waals surface area contributed by atoms with Crippen molar-refractivity contribution in [3.05, 3.63) is 53.4 Å². The summed E-state index contributed by atoms with van der Waals surface area (Å²) in [7, 11) is 4.20. The first-order valence-electron chi connectivity index (χ1n) is 8.63. The van der Waals surface area contributed by atoms with Crippen molar-refractivity contribution in [2.45, 2.75) is 12.8 Å². The molecule has 0 aliphatic carbocycles. The average molecular weight is 375 g/mol. The van der Waals surface area contributed by atoms with Crippen LogP contribution in [0.4, 0.5) is 0 Å². The first-order chi connectivity index (χ1) is 13.1. The maximum Gasteiger partial charge on any atom is 0.336 e.